The molecule has 1 heterocycles. The maximum atomic E-state index is 11.0. The van der Waals surface area contributed by atoms with Gasteiger partial charge in [0.1, 0.15) is 16.0 Å². The summed E-state index contributed by atoms with van der Waals surface area (Å²) in [4.78, 5) is 13.6. The van der Waals surface area contributed by atoms with Gasteiger partial charge in [0.05, 0.1) is 10.7 Å². The predicted octanol–water partition coefficient (Wildman–Crippen LogP) is 0.896. The lowest BCUT2D eigenvalue weighted by atomic mass is 10.4. The van der Waals surface area contributed by atoms with Crippen LogP contribution in [-0.2, 0) is 9.84 Å². The second kappa shape index (κ2) is 4.74. The third-order valence-electron chi connectivity index (χ3n) is 1.60. The molecule has 0 radical (unpaired) electrons. The Morgan fingerprint density at radius 3 is 2.75 bits per heavy atom. The third-order valence-corrected chi connectivity index (χ3v) is 3.58. The minimum Gasteiger partial charge on any atom is -0.358 e. The second-order valence-corrected chi connectivity index (χ2v) is 6.59. The van der Waals surface area contributed by atoms with Crippen LogP contribution in [0.3, 0.4) is 0 Å². The van der Waals surface area contributed by atoms with Crippen LogP contribution in [-0.4, -0.2) is 36.4 Å². The van der Waals surface area contributed by atoms with Crippen LogP contribution < -0.4 is 5.32 Å². The van der Waals surface area contributed by atoms with Gasteiger partial charge in [0, 0.05) is 12.3 Å². The van der Waals surface area contributed by atoms with Crippen molar-refractivity contribution in [3.05, 3.63) is 16.3 Å². The monoisotopic (exact) mass is 265 g/mol. The molecule has 0 aliphatic heterocycles. The molecule has 1 N–H and O–H groups in total. The van der Waals surface area contributed by atoms with E-state index < -0.39 is 14.8 Å². The van der Waals surface area contributed by atoms with E-state index in [4.69, 9.17) is 0 Å². The summed E-state index contributed by atoms with van der Waals surface area (Å²) in [5.74, 6) is -0.0413. The first-order valence-electron chi connectivity index (χ1n) is 4.32. The van der Waals surface area contributed by atoms with E-state index in [-0.39, 0.29) is 16.8 Å². The molecule has 1 aromatic heterocycles. The summed E-state index contributed by atoms with van der Waals surface area (Å²) in [7, 11) is -3.07. The molecule has 0 aliphatic rings. The largest absolute Gasteiger partial charge is 0.358 e. The Kier molecular flexibility index (Phi) is 3.81. The number of hydrogen-bond acceptors (Lipinski definition) is 7. The van der Waals surface area contributed by atoms with Crippen molar-refractivity contribution >= 4 is 31.3 Å². The minimum absolute atomic E-state index is 0.0413. The van der Waals surface area contributed by atoms with Crippen LogP contribution in [0.25, 0.3) is 0 Å². The van der Waals surface area contributed by atoms with Crippen LogP contribution >= 0.6 is 11.3 Å². The number of nitrogens with one attached hydrogen (secondary N) is 1. The van der Waals surface area contributed by atoms with E-state index in [1.165, 1.54) is 0 Å². The summed E-state index contributed by atoms with van der Waals surface area (Å²) in [6, 6.07) is -0.333. The standard InChI is InChI=1S/C7H11N3O4S2/c1-5(4-16(2,13)14)9-7-8-3-6(15-7)10(11)12/h3,5H,4H2,1-2H3,(H,8,9). The van der Waals surface area contributed by atoms with Gasteiger partial charge < -0.3 is 5.32 Å². The molecule has 1 rings (SSSR count). The number of sulfone groups is 1. The van der Waals surface area contributed by atoms with Crippen molar-refractivity contribution in [2.24, 2.45) is 0 Å². The Labute approximate surface area is 96.6 Å². The average Bonchev–Trinajstić information content (AvgIpc) is 2.48. The number of hydrogen-bond donors (Lipinski definition) is 1. The third kappa shape index (κ3) is 4.11. The lowest BCUT2D eigenvalue weighted by Crippen LogP contribution is -2.24. The lowest BCUT2D eigenvalue weighted by molar-refractivity contribution is -0.380. The van der Waals surface area contributed by atoms with E-state index in [0.717, 1.165) is 23.8 Å². The van der Waals surface area contributed by atoms with Crippen LogP contribution in [0.2, 0.25) is 0 Å². The van der Waals surface area contributed by atoms with Crippen LogP contribution in [0.1, 0.15) is 6.92 Å². The van der Waals surface area contributed by atoms with Crippen molar-refractivity contribution in [3.8, 4) is 0 Å². The molecule has 90 valence electrons. The first-order valence-corrected chi connectivity index (χ1v) is 7.20. The van der Waals surface area contributed by atoms with Gasteiger partial charge in [-0.3, -0.25) is 10.1 Å². The highest BCUT2D eigenvalue weighted by Crippen LogP contribution is 2.25. The molecule has 0 spiro atoms. The Morgan fingerprint density at radius 1 is 1.69 bits per heavy atom. The molecule has 7 nitrogen and oxygen atoms in total. The SMILES string of the molecule is CC(CS(C)(=O)=O)Nc1ncc([N+](=O)[O-])s1. The van der Waals surface area contributed by atoms with Crippen molar-refractivity contribution in [2.75, 3.05) is 17.3 Å². The van der Waals surface area contributed by atoms with Crippen LogP contribution in [0.4, 0.5) is 10.1 Å². The lowest BCUT2D eigenvalue weighted by Gasteiger charge is -2.10. The van der Waals surface area contributed by atoms with E-state index >= 15 is 0 Å². The Morgan fingerprint density at radius 2 is 2.31 bits per heavy atom. The predicted molar refractivity (Wildman–Crippen MR) is 61.6 cm³/mol. The van der Waals surface area contributed by atoms with Crippen LogP contribution in [0.15, 0.2) is 6.20 Å². The normalized spacial score (nSPS) is 13.4. The molecule has 0 aromatic carbocycles. The van der Waals surface area contributed by atoms with Gasteiger partial charge in [0.2, 0.25) is 0 Å². The van der Waals surface area contributed by atoms with Crippen LogP contribution in [0.5, 0.6) is 0 Å². The molecule has 16 heavy (non-hydrogen) atoms. The molecule has 0 bridgehead atoms. The van der Waals surface area contributed by atoms with Crippen molar-refractivity contribution in [1.29, 1.82) is 0 Å². The summed E-state index contributed by atoms with van der Waals surface area (Å²) in [6.45, 7) is 1.67. The summed E-state index contributed by atoms with van der Waals surface area (Å²) in [5.41, 5.74) is 0. The number of anilines is 1. The Bertz CT molecular complexity index is 482. The fourth-order valence-electron chi connectivity index (χ4n) is 1.12. The maximum Gasteiger partial charge on any atom is 0.345 e. The molecule has 0 saturated heterocycles. The van der Waals surface area contributed by atoms with Gasteiger partial charge in [-0.2, -0.15) is 0 Å². The molecule has 1 aromatic rings. The molecule has 0 aliphatic carbocycles. The summed E-state index contributed by atoms with van der Waals surface area (Å²) in [6.07, 6.45) is 2.27. The first-order chi connectivity index (χ1) is 7.28. The number of nitro groups is 1. The van der Waals surface area contributed by atoms with E-state index in [1.54, 1.807) is 6.92 Å². The van der Waals surface area contributed by atoms with Gasteiger partial charge in [-0.15, -0.1) is 0 Å². The molecular formula is C7H11N3O4S2. The Balaban J connectivity index is 2.63. The van der Waals surface area contributed by atoms with Gasteiger partial charge >= 0.3 is 5.00 Å². The summed E-state index contributed by atoms with van der Waals surface area (Å²) >= 11 is 0.879. The van der Waals surface area contributed by atoms with Gasteiger partial charge in [-0.25, -0.2) is 13.4 Å². The van der Waals surface area contributed by atoms with Crippen LogP contribution in [0, 0.1) is 10.1 Å². The molecular weight excluding hydrogens is 254 g/mol. The van der Waals surface area contributed by atoms with Crippen molar-refractivity contribution in [1.82, 2.24) is 4.98 Å². The second-order valence-electron chi connectivity index (χ2n) is 3.40. The zero-order chi connectivity index (χ0) is 12.3. The number of rotatable bonds is 5. The molecule has 0 saturated carbocycles. The molecule has 1 atom stereocenters. The van der Waals surface area contributed by atoms with Gasteiger partial charge in [-0.1, -0.05) is 0 Å². The van der Waals surface area contributed by atoms with E-state index in [2.05, 4.69) is 10.3 Å². The molecule has 0 amide bonds. The highest BCUT2D eigenvalue weighted by Gasteiger charge is 2.15. The quantitative estimate of drug-likeness (QED) is 0.626. The van der Waals surface area contributed by atoms with Gasteiger partial charge in [0.15, 0.2) is 5.13 Å². The summed E-state index contributed by atoms with van der Waals surface area (Å²) in [5, 5.41) is 13.5. The van der Waals surface area contributed by atoms with Crippen molar-refractivity contribution < 1.29 is 13.3 Å². The molecule has 9 heteroatoms. The zero-order valence-corrected chi connectivity index (χ0v) is 10.3. The first kappa shape index (κ1) is 12.8. The number of aromatic nitrogens is 1. The smallest absolute Gasteiger partial charge is 0.345 e. The highest BCUT2D eigenvalue weighted by molar-refractivity contribution is 7.90. The topological polar surface area (TPSA) is 102 Å². The fourth-order valence-corrected chi connectivity index (χ4v) is 2.86. The van der Waals surface area contributed by atoms with Crippen molar-refractivity contribution in [2.45, 2.75) is 13.0 Å². The van der Waals surface area contributed by atoms with E-state index in [9.17, 15) is 18.5 Å². The summed E-state index contributed by atoms with van der Waals surface area (Å²) < 4.78 is 22.0. The van der Waals surface area contributed by atoms with E-state index in [1.807, 2.05) is 0 Å². The fraction of sp³-hybridized carbons (Fsp3) is 0.571. The number of nitrogens with zero attached hydrogens (tertiary/aromatic N) is 2. The van der Waals surface area contributed by atoms with Crippen molar-refractivity contribution in [3.63, 3.8) is 0 Å². The van der Waals surface area contributed by atoms with Gasteiger partial charge in [0.25, 0.3) is 0 Å². The maximum absolute atomic E-state index is 11.0. The van der Waals surface area contributed by atoms with E-state index in [0.29, 0.717) is 5.13 Å². The minimum atomic E-state index is -3.07. The highest BCUT2D eigenvalue weighted by atomic mass is 32.2. The molecule has 0 fully saturated rings. The zero-order valence-electron chi connectivity index (χ0n) is 8.71. The molecule has 1 unspecified atom stereocenters. The average molecular weight is 265 g/mol. The Hall–Kier alpha value is -1.22. The number of thiazole rings is 1. The van der Waals surface area contributed by atoms with Gasteiger partial charge in [-0.05, 0) is 18.3 Å².